The molecule has 5 heteroatoms. The van der Waals surface area contributed by atoms with Crippen LogP contribution in [0.3, 0.4) is 0 Å². The van der Waals surface area contributed by atoms with E-state index in [1.807, 2.05) is 0 Å². The molecule has 0 unspecified atom stereocenters. The molecule has 0 aromatic heterocycles. The zero-order chi connectivity index (χ0) is 8.04. The highest BCUT2D eigenvalue weighted by atomic mass is 32.1. The lowest BCUT2D eigenvalue weighted by molar-refractivity contribution is 0.234. The quantitative estimate of drug-likeness (QED) is 0.482. The zero-order valence-electron chi connectivity index (χ0n) is 6.07. The van der Waals surface area contributed by atoms with Crippen molar-refractivity contribution in [2.45, 2.75) is 13.8 Å². The summed E-state index contributed by atoms with van der Waals surface area (Å²) in [7, 11) is -3.01. The summed E-state index contributed by atoms with van der Waals surface area (Å²) in [5.41, 5.74) is 0. The van der Waals surface area contributed by atoms with E-state index in [9.17, 15) is 4.57 Å². The third kappa shape index (κ3) is 3.42. The van der Waals surface area contributed by atoms with Crippen LogP contribution < -0.4 is 0 Å². The van der Waals surface area contributed by atoms with Crippen molar-refractivity contribution < 1.29 is 13.6 Å². The van der Waals surface area contributed by atoms with Gasteiger partial charge in [0.1, 0.15) is 0 Å². The van der Waals surface area contributed by atoms with Gasteiger partial charge < -0.3 is 9.05 Å². The molecule has 0 N–H and O–H groups in total. The molecule has 0 aromatic rings. The van der Waals surface area contributed by atoms with Crippen LogP contribution in [0.4, 0.5) is 0 Å². The molecule has 0 bridgehead atoms. The molecule has 3 nitrogen and oxygen atoms in total. The average Bonchev–Trinajstić information content (AvgIpc) is 1.89. The summed E-state index contributed by atoms with van der Waals surface area (Å²) in [6.45, 7) is 4.18. The molecule has 10 heavy (non-hydrogen) atoms. The SMILES string of the molecule is CCOP(=O)(C=S)OCC. The molecule has 0 atom stereocenters. The molecule has 0 saturated heterocycles. The van der Waals surface area contributed by atoms with E-state index in [1.54, 1.807) is 13.8 Å². The summed E-state index contributed by atoms with van der Waals surface area (Å²) in [6, 6.07) is 0. The fraction of sp³-hybridized carbons (Fsp3) is 0.800. The third-order valence-electron chi connectivity index (χ3n) is 0.747. The van der Waals surface area contributed by atoms with Crippen molar-refractivity contribution >= 4 is 24.9 Å². The van der Waals surface area contributed by atoms with Gasteiger partial charge in [0.2, 0.25) is 0 Å². The van der Waals surface area contributed by atoms with Gasteiger partial charge in [-0.3, -0.25) is 4.57 Å². The van der Waals surface area contributed by atoms with Crippen molar-refractivity contribution in [3.63, 3.8) is 0 Å². The Labute approximate surface area is 66.2 Å². The van der Waals surface area contributed by atoms with Gasteiger partial charge in [0.25, 0.3) is 0 Å². The van der Waals surface area contributed by atoms with Crippen molar-refractivity contribution in [2.75, 3.05) is 13.2 Å². The highest BCUT2D eigenvalue weighted by Crippen LogP contribution is 2.44. The summed E-state index contributed by atoms with van der Waals surface area (Å²) in [5, 5.41) is 1.06. The lowest BCUT2D eigenvalue weighted by atomic mass is 10.9. The van der Waals surface area contributed by atoms with Crippen LogP contribution in [0.25, 0.3) is 0 Å². The van der Waals surface area contributed by atoms with Gasteiger partial charge in [0.05, 0.1) is 18.3 Å². The topological polar surface area (TPSA) is 35.5 Å². The van der Waals surface area contributed by atoms with Crippen molar-refractivity contribution in [3.05, 3.63) is 0 Å². The Hall–Kier alpha value is 0.240. The van der Waals surface area contributed by atoms with Crippen LogP contribution in [0.15, 0.2) is 0 Å². The molecule has 0 aliphatic heterocycles. The minimum atomic E-state index is -3.01. The van der Waals surface area contributed by atoms with Crippen LogP contribution in [0.5, 0.6) is 0 Å². The van der Waals surface area contributed by atoms with E-state index in [0.29, 0.717) is 13.2 Å². The maximum atomic E-state index is 11.2. The van der Waals surface area contributed by atoms with Gasteiger partial charge in [-0.1, -0.05) is 12.2 Å². The van der Waals surface area contributed by atoms with Gasteiger partial charge in [-0.15, -0.1) is 0 Å². The fourth-order valence-electron chi connectivity index (χ4n) is 0.458. The predicted octanol–water partition coefficient (Wildman–Crippen LogP) is 2.21. The lowest BCUT2D eigenvalue weighted by Crippen LogP contribution is -1.94. The van der Waals surface area contributed by atoms with Gasteiger partial charge >= 0.3 is 7.60 Å². The molecule has 0 aliphatic rings. The van der Waals surface area contributed by atoms with Crippen LogP contribution in [0.1, 0.15) is 13.8 Å². The monoisotopic (exact) mass is 182 g/mol. The van der Waals surface area contributed by atoms with Crippen molar-refractivity contribution in [1.29, 1.82) is 0 Å². The first-order valence-electron chi connectivity index (χ1n) is 3.03. The molecule has 0 aliphatic carbocycles. The molecule has 0 amide bonds. The minimum Gasteiger partial charge on any atom is -0.305 e. The highest BCUT2D eigenvalue weighted by Gasteiger charge is 2.18. The summed E-state index contributed by atoms with van der Waals surface area (Å²) in [5.74, 6) is 0. The van der Waals surface area contributed by atoms with Crippen LogP contribution in [0.2, 0.25) is 0 Å². The first-order chi connectivity index (χ1) is 4.68. The molecule has 0 spiro atoms. The first-order valence-corrected chi connectivity index (χ1v) is 5.12. The Morgan fingerprint density at radius 2 is 1.80 bits per heavy atom. The second-order valence-corrected chi connectivity index (χ2v) is 3.92. The Balaban J connectivity index is 3.95. The third-order valence-corrected chi connectivity index (χ3v) is 3.02. The molecule has 0 heterocycles. The molecule has 0 fully saturated rings. The van der Waals surface area contributed by atoms with Crippen molar-refractivity contribution in [1.82, 2.24) is 0 Å². The Kier molecular flexibility index (Phi) is 5.09. The predicted molar refractivity (Wildman–Crippen MR) is 44.5 cm³/mol. The van der Waals surface area contributed by atoms with Crippen molar-refractivity contribution in [3.8, 4) is 0 Å². The van der Waals surface area contributed by atoms with Crippen LogP contribution >= 0.6 is 19.8 Å². The van der Waals surface area contributed by atoms with E-state index in [0.717, 1.165) is 5.11 Å². The first kappa shape index (κ1) is 10.2. The lowest BCUT2D eigenvalue weighted by Gasteiger charge is -2.10. The van der Waals surface area contributed by atoms with Gasteiger partial charge in [-0.25, -0.2) is 0 Å². The fourth-order valence-corrected chi connectivity index (χ4v) is 1.74. The van der Waals surface area contributed by atoms with Gasteiger partial charge in [-0.05, 0) is 13.8 Å². The average molecular weight is 182 g/mol. The van der Waals surface area contributed by atoms with Crippen LogP contribution in [0, 0.1) is 0 Å². The van der Waals surface area contributed by atoms with E-state index in [2.05, 4.69) is 12.2 Å². The Morgan fingerprint density at radius 3 is 2.00 bits per heavy atom. The van der Waals surface area contributed by atoms with E-state index in [4.69, 9.17) is 9.05 Å². The number of thiocarbonyl (C=S) groups is 1. The summed E-state index contributed by atoms with van der Waals surface area (Å²) >= 11 is 4.48. The minimum absolute atomic E-state index is 0.352. The maximum Gasteiger partial charge on any atom is 0.364 e. The van der Waals surface area contributed by atoms with Gasteiger partial charge in [0.15, 0.2) is 0 Å². The molecule has 0 saturated carbocycles. The summed E-state index contributed by atoms with van der Waals surface area (Å²) < 4.78 is 20.8. The number of hydrogen-bond acceptors (Lipinski definition) is 4. The van der Waals surface area contributed by atoms with E-state index >= 15 is 0 Å². The standard InChI is InChI=1S/C5H11O3PS/c1-3-7-9(6,5-10)8-4-2/h5H,3-4H2,1-2H3. The van der Waals surface area contributed by atoms with Crippen LogP contribution in [-0.4, -0.2) is 18.3 Å². The Morgan fingerprint density at radius 1 is 1.40 bits per heavy atom. The van der Waals surface area contributed by atoms with E-state index < -0.39 is 7.60 Å². The largest absolute Gasteiger partial charge is 0.364 e. The smallest absolute Gasteiger partial charge is 0.305 e. The molecule has 0 aromatic carbocycles. The normalized spacial score (nSPS) is 11.4. The molecule has 60 valence electrons. The zero-order valence-corrected chi connectivity index (χ0v) is 7.78. The maximum absolute atomic E-state index is 11.2. The number of hydrogen-bond donors (Lipinski definition) is 0. The molecule has 0 radical (unpaired) electrons. The summed E-state index contributed by atoms with van der Waals surface area (Å²) in [6.07, 6.45) is 0. The second kappa shape index (κ2) is 4.97. The van der Waals surface area contributed by atoms with Crippen molar-refractivity contribution in [2.24, 2.45) is 0 Å². The van der Waals surface area contributed by atoms with Gasteiger partial charge in [-0.2, -0.15) is 0 Å². The molecular weight excluding hydrogens is 171 g/mol. The Bertz CT molecular complexity index is 138. The van der Waals surface area contributed by atoms with E-state index in [-0.39, 0.29) is 0 Å². The van der Waals surface area contributed by atoms with Gasteiger partial charge in [0, 0.05) is 0 Å². The van der Waals surface area contributed by atoms with Crippen LogP contribution in [-0.2, 0) is 13.6 Å². The highest BCUT2D eigenvalue weighted by molar-refractivity contribution is 7.95. The molecule has 0 rings (SSSR count). The molecular formula is C5H11O3PS. The van der Waals surface area contributed by atoms with E-state index in [1.165, 1.54) is 0 Å². The second-order valence-electron chi connectivity index (χ2n) is 1.48. The summed E-state index contributed by atoms with van der Waals surface area (Å²) in [4.78, 5) is 0. The number of rotatable bonds is 5.